The van der Waals surface area contributed by atoms with E-state index in [1.54, 1.807) is 6.07 Å². The summed E-state index contributed by atoms with van der Waals surface area (Å²) in [6.07, 6.45) is 4.50. The van der Waals surface area contributed by atoms with E-state index in [1.807, 2.05) is 31.2 Å². The van der Waals surface area contributed by atoms with Crippen molar-refractivity contribution in [3.8, 4) is 5.75 Å². The van der Waals surface area contributed by atoms with Crippen LogP contribution in [0.15, 0.2) is 30.4 Å². The Kier molecular flexibility index (Phi) is 4.62. The predicted octanol–water partition coefficient (Wildman–Crippen LogP) is 2.61. The molecule has 1 aliphatic carbocycles. The third-order valence-corrected chi connectivity index (χ3v) is 3.70. The molecule has 0 heterocycles. The number of aryl methyl sites for hydroxylation is 1. The van der Waals surface area contributed by atoms with Crippen LogP contribution in [0.1, 0.15) is 18.4 Å². The van der Waals surface area contributed by atoms with Gasteiger partial charge in [-0.25, -0.2) is 0 Å². The van der Waals surface area contributed by atoms with E-state index in [4.69, 9.17) is 4.74 Å². The Morgan fingerprint density at radius 2 is 1.90 bits per heavy atom. The van der Waals surface area contributed by atoms with Crippen LogP contribution in [-0.4, -0.2) is 24.1 Å². The van der Waals surface area contributed by atoms with Gasteiger partial charge >= 0.3 is 5.97 Å². The second-order valence-corrected chi connectivity index (χ2v) is 5.19. The fourth-order valence-electron chi connectivity index (χ4n) is 2.50. The summed E-state index contributed by atoms with van der Waals surface area (Å²) in [6, 6.07) is 5.46. The minimum atomic E-state index is -0.935. The lowest BCUT2D eigenvalue weighted by Crippen LogP contribution is -2.34. The summed E-state index contributed by atoms with van der Waals surface area (Å²) in [5, 5.41) is 12.0. The maximum absolute atomic E-state index is 12.4. The maximum atomic E-state index is 12.4. The quantitative estimate of drug-likeness (QED) is 0.835. The molecule has 1 aliphatic rings. The van der Waals surface area contributed by atoms with E-state index in [0.717, 1.165) is 5.56 Å². The first-order chi connectivity index (χ1) is 10.0. The first-order valence-electron chi connectivity index (χ1n) is 6.86. The maximum Gasteiger partial charge on any atom is 0.307 e. The number of allylic oxidation sites excluding steroid dienone is 2. The Bertz CT molecular complexity index is 580. The second-order valence-electron chi connectivity index (χ2n) is 5.19. The average molecular weight is 289 g/mol. The molecule has 0 spiro atoms. The molecule has 0 saturated heterocycles. The third-order valence-electron chi connectivity index (χ3n) is 3.70. The van der Waals surface area contributed by atoms with E-state index >= 15 is 0 Å². The van der Waals surface area contributed by atoms with Crippen LogP contribution < -0.4 is 10.1 Å². The molecular formula is C16H19NO4. The molecule has 0 unspecified atom stereocenters. The molecule has 2 N–H and O–H groups in total. The van der Waals surface area contributed by atoms with Crippen molar-refractivity contribution in [1.29, 1.82) is 0 Å². The molecule has 112 valence electrons. The van der Waals surface area contributed by atoms with Crippen LogP contribution in [0.5, 0.6) is 5.75 Å². The first kappa shape index (κ1) is 15.1. The van der Waals surface area contributed by atoms with Crippen molar-refractivity contribution in [3.63, 3.8) is 0 Å². The minimum Gasteiger partial charge on any atom is -0.495 e. The number of carbonyl (C=O) groups is 2. The molecule has 0 fully saturated rings. The number of ether oxygens (including phenoxy) is 1. The molecule has 0 aromatic heterocycles. The Labute approximate surface area is 123 Å². The fraction of sp³-hybridized carbons (Fsp3) is 0.375. The molecule has 0 bridgehead atoms. The van der Waals surface area contributed by atoms with Gasteiger partial charge in [0, 0.05) is 0 Å². The topological polar surface area (TPSA) is 75.6 Å². The van der Waals surface area contributed by atoms with Crippen LogP contribution in [0.3, 0.4) is 0 Å². The van der Waals surface area contributed by atoms with Crippen molar-refractivity contribution >= 4 is 17.6 Å². The number of carboxylic acid groups (broad SMARTS) is 1. The number of methoxy groups -OCH3 is 1. The molecular weight excluding hydrogens is 270 g/mol. The Morgan fingerprint density at radius 3 is 2.52 bits per heavy atom. The predicted molar refractivity (Wildman–Crippen MR) is 79.4 cm³/mol. The third kappa shape index (κ3) is 3.42. The first-order valence-corrected chi connectivity index (χ1v) is 6.86. The van der Waals surface area contributed by atoms with Gasteiger partial charge in [0.2, 0.25) is 5.91 Å². The van der Waals surface area contributed by atoms with Crippen LogP contribution in [0.4, 0.5) is 5.69 Å². The summed E-state index contributed by atoms with van der Waals surface area (Å²) in [7, 11) is 1.54. The van der Waals surface area contributed by atoms with E-state index in [2.05, 4.69) is 5.32 Å². The molecule has 2 atom stereocenters. The normalized spacial score (nSPS) is 20.9. The average Bonchev–Trinajstić information content (AvgIpc) is 2.48. The summed E-state index contributed by atoms with van der Waals surface area (Å²) in [6.45, 7) is 1.93. The van der Waals surface area contributed by atoms with Crippen LogP contribution in [-0.2, 0) is 9.59 Å². The molecule has 1 aromatic carbocycles. The number of rotatable bonds is 4. The molecule has 2 rings (SSSR count). The lowest BCUT2D eigenvalue weighted by atomic mass is 9.82. The van der Waals surface area contributed by atoms with Gasteiger partial charge in [-0.15, -0.1) is 0 Å². The van der Waals surface area contributed by atoms with E-state index in [1.165, 1.54) is 7.11 Å². The minimum absolute atomic E-state index is 0.283. The molecule has 21 heavy (non-hydrogen) atoms. The number of carboxylic acids is 1. The zero-order chi connectivity index (χ0) is 15.4. The zero-order valence-corrected chi connectivity index (χ0v) is 12.1. The van der Waals surface area contributed by atoms with Crippen molar-refractivity contribution in [2.75, 3.05) is 12.4 Å². The second kappa shape index (κ2) is 6.43. The lowest BCUT2D eigenvalue weighted by Gasteiger charge is -2.24. The Balaban J connectivity index is 2.17. The molecule has 0 saturated carbocycles. The largest absolute Gasteiger partial charge is 0.495 e. The van der Waals surface area contributed by atoms with Crippen LogP contribution in [0.2, 0.25) is 0 Å². The van der Waals surface area contributed by atoms with Gasteiger partial charge in [-0.05, 0) is 37.5 Å². The van der Waals surface area contributed by atoms with Gasteiger partial charge in [0.05, 0.1) is 24.6 Å². The molecule has 1 aromatic rings. The molecule has 1 amide bonds. The lowest BCUT2D eigenvalue weighted by molar-refractivity contribution is -0.146. The standard InChI is InChI=1S/C16H19NO4/c1-10-7-8-13(14(9-10)21-2)17-15(18)11-5-3-4-6-12(11)16(19)20/h3-4,7-9,11-12H,5-6H2,1-2H3,(H,17,18)(H,19,20)/t11-,12+/m1/s1. The van der Waals surface area contributed by atoms with Gasteiger partial charge in [0.1, 0.15) is 5.75 Å². The van der Waals surface area contributed by atoms with Gasteiger partial charge in [0.25, 0.3) is 0 Å². The monoisotopic (exact) mass is 289 g/mol. The van der Waals surface area contributed by atoms with Crippen LogP contribution in [0.25, 0.3) is 0 Å². The van der Waals surface area contributed by atoms with Crippen molar-refractivity contribution in [2.24, 2.45) is 11.8 Å². The zero-order valence-electron chi connectivity index (χ0n) is 12.1. The van der Waals surface area contributed by atoms with E-state index in [0.29, 0.717) is 24.3 Å². The number of anilines is 1. The number of hydrogen-bond donors (Lipinski definition) is 2. The van der Waals surface area contributed by atoms with Crippen LogP contribution in [0, 0.1) is 18.8 Å². The highest BCUT2D eigenvalue weighted by Crippen LogP contribution is 2.30. The van der Waals surface area contributed by atoms with Crippen LogP contribution >= 0.6 is 0 Å². The van der Waals surface area contributed by atoms with Gasteiger partial charge in [-0.3, -0.25) is 9.59 Å². The van der Waals surface area contributed by atoms with E-state index in [-0.39, 0.29) is 5.91 Å². The Morgan fingerprint density at radius 1 is 1.24 bits per heavy atom. The number of benzene rings is 1. The number of aliphatic carboxylic acids is 1. The van der Waals surface area contributed by atoms with Crippen molar-refractivity contribution in [3.05, 3.63) is 35.9 Å². The molecule has 5 heteroatoms. The SMILES string of the molecule is COc1cc(C)ccc1NC(=O)[C@@H]1CC=CC[C@@H]1C(=O)O. The summed E-state index contributed by atoms with van der Waals surface area (Å²) >= 11 is 0. The smallest absolute Gasteiger partial charge is 0.307 e. The number of nitrogens with one attached hydrogen (secondary N) is 1. The fourth-order valence-corrected chi connectivity index (χ4v) is 2.50. The highest BCUT2D eigenvalue weighted by molar-refractivity contribution is 5.96. The molecule has 5 nitrogen and oxygen atoms in total. The molecule has 0 radical (unpaired) electrons. The summed E-state index contributed by atoms with van der Waals surface area (Å²) in [5.41, 5.74) is 1.58. The highest BCUT2D eigenvalue weighted by Gasteiger charge is 2.34. The summed E-state index contributed by atoms with van der Waals surface area (Å²) in [4.78, 5) is 23.6. The van der Waals surface area contributed by atoms with Crippen molar-refractivity contribution < 1.29 is 19.4 Å². The van der Waals surface area contributed by atoms with E-state index < -0.39 is 17.8 Å². The number of hydrogen-bond acceptors (Lipinski definition) is 3. The van der Waals surface area contributed by atoms with Gasteiger partial charge in [0.15, 0.2) is 0 Å². The summed E-state index contributed by atoms with van der Waals surface area (Å²) < 4.78 is 5.24. The highest BCUT2D eigenvalue weighted by atomic mass is 16.5. The molecule has 0 aliphatic heterocycles. The van der Waals surface area contributed by atoms with Gasteiger partial charge in [-0.1, -0.05) is 18.2 Å². The number of amides is 1. The van der Waals surface area contributed by atoms with Gasteiger partial charge in [-0.2, -0.15) is 0 Å². The Hall–Kier alpha value is -2.30. The number of carbonyl (C=O) groups excluding carboxylic acids is 1. The van der Waals surface area contributed by atoms with Crippen molar-refractivity contribution in [1.82, 2.24) is 0 Å². The van der Waals surface area contributed by atoms with E-state index in [9.17, 15) is 14.7 Å². The summed E-state index contributed by atoms with van der Waals surface area (Å²) in [5.74, 6) is -1.88. The van der Waals surface area contributed by atoms with Gasteiger partial charge < -0.3 is 15.2 Å². The van der Waals surface area contributed by atoms with Crippen molar-refractivity contribution in [2.45, 2.75) is 19.8 Å².